The van der Waals surface area contributed by atoms with Gasteiger partial charge < -0.3 is 4.42 Å². The third kappa shape index (κ3) is 4.40. The molecule has 0 unspecified atom stereocenters. The summed E-state index contributed by atoms with van der Waals surface area (Å²) in [5, 5.41) is 8.57. The molecule has 0 saturated heterocycles. The average Bonchev–Trinajstić information content (AvgIpc) is 3.48. The van der Waals surface area contributed by atoms with Crippen LogP contribution in [0.3, 0.4) is 0 Å². The fraction of sp³-hybridized carbons (Fsp3) is 0.0213. The summed E-state index contributed by atoms with van der Waals surface area (Å²) in [4.78, 5) is 0. The van der Waals surface area contributed by atoms with Gasteiger partial charge in [-0.3, -0.25) is 0 Å². The first-order chi connectivity index (χ1) is 23.7. The molecular weight excluding hydrogens is 581 g/mol. The summed E-state index contributed by atoms with van der Waals surface area (Å²) in [7, 11) is 0. The first-order valence-corrected chi connectivity index (χ1v) is 16.5. The molecule has 0 atom stereocenters. The number of rotatable bonds is 5. The van der Waals surface area contributed by atoms with Gasteiger partial charge in [-0.25, -0.2) is 0 Å². The molecule has 0 spiro atoms. The molecule has 0 aliphatic carbocycles. The van der Waals surface area contributed by atoms with Gasteiger partial charge in [0.1, 0.15) is 11.3 Å². The van der Waals surface area contributed by atoms with Crippen LogP contribution in [0, 0.1) is 6.92 Å². The molecule has 48 heavy (non-hydrogen) atoms. The summed E-state index contributed by atoms with van der Waals surface area (Å²) in [5.41, 5.74) is 11.6. The minimum absolute atomic E-state index is 0.889. The Morgan fingerprint density at radius 3 is 1.69 bits per heavy atom. The Labute approximate surface area is 280 Å². The molecule has 1 heterocycles. The summed E-state index contributed by atoms with van der Waals surface area (Å²) in [6, 6.07) is 57.0. The van der Waals surface area contributed by atoms with Crippen LogP contribution in [0.5, 0.6) is 0 Å². The number of benzene rings is 8. The highest BCUT2D eigenvalue weighted by Gasteiger charge is 2.20. The van der Waals surface area contributed by atoms with Crippen molar-refractivity contribution in [3.05, 3.63) is 176 Å². The van der Waals surface area contributed by atoms with Crippen LogP contribution in [0.4, 0.5) is 0 Å². The standard InChI is InChI=1S/C47H32O/c1-3-31-14-4-7-20-38(31)45-30(2)48-44-27-26-35(29-43(44)45)47-41-23-10-8-21-39(41)46(40-22-9-11-24-42(40)47)34-18-12-17-33(28-34)37-25-13-16-32-15-5-6-19-36(32)37/h3-29H,1H2,2H3. The van der Waals surface area contributed by atoms with E-state index in [0.717, 1.165) is 33.4 Å². The van der Waals surface area contributed by atoms with Crippen molar-refractivity contribution in [1.29, 1.82) is 0 Å². The number of aryl methyl sites for hydroxylation is 1. The highest BCUT2D eigenvalue weighted by Crippen LogP contribution is 2.46. The lowest BCUT2D eigenvalue weighted by Crippen LogP contribution is -1.91. The van der Waals surface area contributed by atoms with Crippen LogP contribution in [0.1, 0.15) is 11.3 Å². The van der Waals surface area contributed by atoms with Crippen molar-refractivity contribution in [3.63, 3.8) is 0 Å². The van der Waals surface area contributed by atoms with E-state index in [1.54, 1.807) is 0 Å². The van der Waals surface area contributed by atoms with Crippen LogP contribution in [-0.4, -0.2) is 0 Å². The smallest absolute Gasteiger partial charge is 0.134 e. The molecule has 0 aliphatic heterocycles. The van der Waals surface area contributed by atoms with E-state index >= 15 is 0 Å². The van der Waals surface area contributed by atoms with Crippen molar-refractivity contribution in [1.82, 2.24) is 0 Å². The van der Waals surface area contributed by atoms with Gasteiger partial charge in [-0.1, -0.05) is 152 Å². The molecule has 0 fully saturated rings. The fourth-order valence-electron chi connectivity index (χ4n) is 7.68. The van der Waals surface area contributed by atoms with E-state index in [1.807, 2.05) is 6.08 Å². The first-order valence-electron chi connectivity index (χ1n) is 16.5. The summed E-state index contributed by atoms with van der Waals surface area (Å²) in [6.45, 7) is 6.14. The lowest BCUT2D eigenvalue weighted by molar-refractivity contribution is 0.580. The number of hydrogen-bond acceptors (Lipinski definition) is 1. The largest absolute Gasteiger partial charge is 0.461 e. The van der Waals surface area contributed by atoms with Gasteiger partial charge in [0.15, 0.2) is 0 Å². The van der Waals surface area contributed by atoms with E-state index in [-0.39, 0.29) is 0 Å². The zero-order valence-electron chi connectivity index (χ0n) is 26.7. The van der Waals surface area contributed by atoms with Crippen molar-refractivity contribution >= 4 is 49.4 Å². The van der Waals surface area contributed by atoms with Crippen LogP contribution in [-0.2, 0) is 0 Å². The van der Waals surface area contributed by atoms with Gasteiger partial charge in [-0.2, -0.15) is 0 Å². The normalized spacial score (nSPS) is 11.5. The Morgan fingerprint density at radius 2 is 0.979 bits per heavy atom. The maximum atomic E-state index is 6.34. The average molecular weight is 613 g/mol. The van der Waals surface area contributed by atoms with Gasteiger partial charge in [-0.05, 0) is 102 Å². The number of hydrogen-bond donors (Lipinski definition) is 0. The Hall–Kier alpha value is -6.18. The van der Waals surface area contributed by atoms with Crippen LogP contribution in [0.2, 0.25) is 0 Å². The summed E-state index contributed by atoms with van der Waals surface area (Å²) >= 11 is 0. The van der Waals surface area contributed by atoms with Crippen molar-refractivity contribution in [2.75, 3.05) is 0 Å². The van der Waals surface area contributed by atoms with Crippen LogP contribution in [0.15, 0.2) is 169 Å². The Kier molecular flexibility index (Phi) is 6.59. The molecule has 1 heteroatoms. The third-order valence-electron chi connectivity index (χ3n) is 9.79. The molecule has 9 aromatic rings. The number of furan rings is 1. The lowest BCUT2D eigenvalue weighted by Gasteiger charge is -2.18. The second-order valence-electron chi connectivity index (χ2n) is 12.5. The van der Waals surface area contributed by atoms with Crippen LogP contribution in [0.25, 0.3) is 93.9 Å². The maximum Gasteiger partial charge on any atom is 0.134 e. The van der Waals surface area contributed by atoms with Crippen molar-refractivity contribution in [2.24, 2.45) is 0 Å². The molecule has 1 aromatic heterocycles. The first kappa shape index (κ1) is 28.1. The van der Waals surface area contributed by atoms with Gasteiger partial charge in [-0.15, -0.1) is 0 Å². The quantitative estimate of drug-likeness (QED) is 0.176. The zero-order chi connectivity index (χ0) is 32.2. The zero-order valence-corrected chi connectivity index (χ0v) is 26.7. The van der Waals surface area contributed by atoms with Gasteiger partial charge >= 0.3 is 0 Å². The minimum Gasteiger partial charge on any atom is -0.461 e. The lowest BCUT2D eigenvalue weighted by atomic mass is 9.85. The van der Waals surface area contributed by atoms with E-state index in [4.69, 9.17) is 4.42 Å². The Bertz CT molecular complexity index is 2640. The van der Waals surface area contributed by atoms with Gasteiger partial charge in [0.25, 0.3) is 0 Å². The highest BCUT2D eigenvalue weighted by atomic mass is 16.3. The fourth-order valence-corrected chi connectivity index (χ4v) is 7.68. The Morgan fingerprint density at radius 1 is 0.438 bits per heavy atom. The summed E-state index contributed by atoms with van der Waals surface area (Å²) in [6.07, 6.45) is 1.92. The predicted octanol–water partition coefficient (Wildman–Crippen LogP) is 13.5. The molecular formula is C47H32O. The van der Waals surface area contributed by atoms with E-state index in [1.165, 1.54) is 65.7 Å². The molecule has 1 nitrogen and oxygen atoms in total. The Balaban J connectivity index is 1.30. The van der Waals surface area contributed by atoms with Crippen molar-refractivity contribution < 1.29 is 4.42 Å². The molecule has 8 aromatic carbocycles. The maximum absolute atomic E-state index is 6.34. The minimum atomic E-state index is 0.889. The molecule has 0 bridgehead atoms. The van der Waals surface area contributed by atoms with E-state index in [0.29, 0.717) is 0 Å². The van der Waals surface area contributed by atoms with E-state index in [9.17, 15) is 0 Å². The van der Waals surface area contributed by atoms with E-state index in [2.05, 4.69) is 171 Å². The molecule has 226 valence electrons. The molecule has 0 radical (unpaired) electrons. The SMILES string of the molecule is C=Cc1ccccc1-c1c(C)oc2ccc(-c3c4ccccc4c(-c4cccc(-c5cccc6ccccc56)c4)c4ccccc34)cc12. The molecule has 0 N–H and O–H groups in total. The second kappa shape index (κ2) is 11.3. The summed E-state index contributed by atoms with van der Waals surface area (Å²) < 4.78 is 6.34. The summed E-state index contributed by atoms with van der Waals surface area (Å²) in [5.74, 6) is 0.910. The van der Waals surface area contributed by atoms with Gasteiger partial charge in [0.05, 0.1) is 0 Å². The monoisotopic (exact) mass is 612 g/mol. The molecule has 0 saturated carbocycles. The number of fused-ring (bicyclic) bond motifs is 4. The van der Waals surface area contributed by atoms with E-state index < -0.39 is 0 Å². The predicted molar refractivity (Wildman–Crippen MR) is 205 cm³/mol. The van der Waals surface area contributed by atoms with Crippen molar-refractivity contribution in [2.45, 2.75) is 6.92 Å². The molecule has 9 rings (SSSR count). The molecule has 0 amide bonds. The van der Waals surface area contributed by atoms with Crippen LogP contribution >= 0.6 is 0 Å². The third-order valence-corrected chi connectivity index (χ3v) is 9.79. The van der Waals surface area contributed by atoms with Gasteiger partial charge in [0, 0.05) is 10.9 Å². The topological polar surface area (TPSA) is 13.1 Å². The van der Waals surface area contributed by atoms with Crippen molar-refractivity contribution in [3.8, 4) is 44.5 Å². The highest BCUT2D eigenvalue weighted by molar-refractivity contribution is 6.22. The molecule has 0 aliphatic rings. The second-order valence-corrected chi connectivity index (χ2v) is 12.5. The van der Waals surface area contributed by atoms with Gasteiger partial charge in [0.2, 0.25) is 0 Å². The van der Waals surface area contributed by atoms with Crippen LogP contribution < -0.4 is 0 Å².